The summed E-state index contributed by atoms with van der Waals surface area (Å²) in [6.07, 6.45) is 44.0. The summed E-state index contributed by atoms with van der Waals surface area (Å²) in [5.74, 6) is 0. The van der Waals surface area contributed by atoms with Gasteiger partial charge in [0, 0.05) is 17.1 Å². The van der Waals surface area contributed by atoms with E-state index >= 15 is 0 Å². The van der Waals surface area contributed by atoms with Crippen molar-refractivity contribution in [2.24, 2.45) is 0 Å². The summed E-state index contributed by atoms with van der Waals surface area (Å²) in [4.78, 5) is 0. The molecule has 0 aromatic carbocycles. The third-order valence-corrected chi connectivity index (χ3v) is 20.5. The van der Waals surface area contributed by atoms with E-state index in [0.717, 1.165) is 11.3 Å². The number of unbranched alkanes of at least 4 members (excludes halogenated alkanes) is 3. The molecule has 0 unspecified atom stereocenters. The Kier molecular flexibility index (Phi) is 25.3. The molecule has 4 aliphatic rings. The van der Waals surface area contributed by atoms with Crippen LogP contribution in [0.15, 0.2) is 0 Å². The van der Waals surface area contributed by atoms with Crippen molar-refractivity contribution in [2.45, 2.75) is 148 Å². The molecule has 0 aromatic heterocycles. The van der Waals surface area contributed by atoms with Crippen LogP contribution in [-0.4, -0.2) is 31.1 Å². The Labute approximate surface area is 254 Å². The molecule has 0 atom stereocenters. The predicted octanol–water partition coefficient (Wildman–Crippen LogP) is 11.3. The van der Waals surface area contributed by atoms with Crippen LogP contribution >= 0.6 is 7.92 Å². The van der Waals surface area contributed by atoms with E-state index in [4.69, 9.17) is 0 Å². The van der Waals surface area contributed by atoms with E-state index in [-0.39, 0.29) is 25.0 Å². The average molecular weight is 671 g/mol. The van der Waals surface area contributed by atoms with Gasteiger partial charge in [-0.25, -0.2) is 6.42 Å². The Balaban J connectivity index is 0.000000316. The van der Waals surface area contributed by atoms with Crippen LogP contribution in [0.3, 0.4) is 0 Å². The van der Waals surface area contributed by atoms with Crippen molar-refractivity contribution in [2.75, 3.05) is 0 Å². The zero-order valence-electron chi connectivity index (χ0n) is 24.5. The molecule has 37 heavy (non-hydrogen) atoms. The first kappa shape index (κ1) is 36.8. The van der Waals surface area contributed by atoms with Crippen LogP contribution < -0.4 is 0 Å². The molecule has 4 aliphatic carbocycles. The average Bonchev–Trinajstić information content (AvgIpc) is 3.68. The number of hydrogen-bond acceptors (Lipinski definition) is 0. The van der Waals surface area contributed by atoms with Gasteiger partial charge in [-0.05, 0) is 69.1 Å². The molecule has 3 heteroatoms. The third-order valence-electron chi connectivity index (χ3n) is 8.00. The molecule has 0 nitrogen and oxygen atoms in total. The van der Waals surface area contributed by atoms with Crippen LogP contribution in [0.25, 0.3) is 0 Å². The Morgan fingerprint density at radius 3 is 1.38 bits per heavy atom. The van der Waals surface area contributed by atoms with E-state index < -0.39 is 19.8 Å². The summed E-state index contributed by atoms with van der Waals surface area (Å²) in [6.45, 7) is 7.00. The van der Waals surface area contributed by atoms with Gasteiger partial charge in [-0.2, -0.15) is 5.66 Å². The van der Waals surface area contributed by atoms with E-state index in [9.17, 15) is 0 Å². The molecule has 0 spiro atoms. The van der Waals surface area contributed by atoms with Crippen molar-refractivity contribution >= 4 is 27.7 Å². The first-order chi connectivity index (χ1) is 17.8. The fourth-order valence-electron chi connectivity index (χ4n) is 5.87. The fraction of sp³-hybridized carbons (Fsp3) is 0.706. The largest absolute Gasteiger partial charge is 0.466 e. The molecule has 0 saturated heterocycles. The second-order valence-corrected chi connectivity index (χ2v) is 22.4. The van der Waals surface area contributed by atoms with Crippen molar-refractivity contribution < 1.29 is 17.1 Å². The molecule has 0 heterocycles. The van der Waals surface area contributed by atoms with Gasteiger partial charge in [-0.1, -0.05) is 51.4 Å². The summed E-state index contributed by atoms with van der Waals surface area (Å²) < 4.78 is 5.04. The molecule has 4 rings (SSSR count). The van der Waals surface area contributed by atoms with Crippen LogP contribution in [0.5, 0.6) is 0 Å². The van der Waals surface area contributed by atoms with Crippen LogP contribution in [0.4, 0.5) is 0 Å². The van der Waals surface area contributed by atoms with E-state index in [1.165, 1.54) is 103 Å². The van der Waals surface area contributed by atoms with Gasteiger partial charge in [0.1, 0.15) is 0 Å². The van der Waals surface area contributed by atoms with Gasteiger partial charge in [0.2, 0.25) is 0 Å². The number of hydrogen-bond donors (Lipinski definition) is 0. The first-order valence-corrected chi connectivity index (χ1v) is 23.3. The SMILES string of the molecule is CCC[CH2][Sn+]([CH2]CCC)[CH2]CCC.[C-]1[CH][CH][CH][C]1P(C1CCCCC1)C1CCCCC1.[CH]1[CH][CH][CH][CH]1.[Fe]. The van der Waals surface area contributed by atoms with Gasteiger partial charge in [0.05, 0.1) is 0 Å². The Hall–Kier alpha value is 1.75. The normalized spacial score (nSPS) is 21.1. The third kappa shape index (κ3) is 16.7. The molecule has 210 valence electrons. The van der Waals surface area contributed by atoms with Crippen LogP contribution in [0.1, 0.15) is 124 Å². The van der Waals surface area contributed by atoms with E-state index in [1.54, 1.807) is 19.0 Å². The molecule has 4 fully saturated rings. The topological polar surface area (TPSA) is 0 Å². The van der Waals surface area contributed by atoms with Crippen LogP contribution in [0.2, 0.25) is 13.3 Å². The van der Waals surface area contributed by atoms with Gasteiger partial charge in [0.25, 0.3) is 0 Å². The summed E-state index contributed by atoms with van der Waals surface area (Å²) in [6, 6.07) is 0. The second kappa shape index (κ2) is 25.5. The minimum absolute atomic E-state index is 0. The molecular weight excluding hydrogens is 614 g/mol. The van der Waals surface area contributed by atoms with Gasteiger partial charge < -0.3 is 6.42 Å². The van der Waals surface area contributed by atoms with E-state index in [0.29, 0.717) is 0 Å². The van der Waals surface area contributed by atoms with Crippen molar-refractivity contribution in [1.82, 2.24) is 0 Å². The van der Waals surface area contributed by atoms with Crippen LogP contribution in [0, 0.1) is 63.4 Å². The van der Waals surface area contributed by atoms with Crippen molar-refractivity contribution in [3.8, 4) is 0 Å². The van der Waals surface area contributed by atoms with Gasteiger partial charge in [-0.3, -0.25) is 0 Å². The maximum absolute atomic E-state index is 3.56. The molecular formula is C34H57FePSn. The van der Waals surface area contributed by atoms with E-state index in [1.807, 2.05) is 32.1 Å². The summed E-state index contributed by atoms with van der Waals surface area (Å²) >= 11 is -0.839. The Morgan fingerprint density at radius 2 is 1.05 bits per heavy atom. The smallest absolute Gasteiger partial charge is 0 e. The molecule has 0 bridgehead atoms. The van der Waals surface area contributed by atoms with Gasteiger partial charge in [0.15, 0.2) is 0 Å². The standard InChI is InChI=1S/C17H25P.C5H5.3C4H9.Fe.Sn/c1-3-9-15(10-4-1)18(17-13-7-8-14-17)16-11-5-2-6-12-16;1-2-4-5-3-1;3*1-3-4-2;;/h7-8,13,15-16H,1-6,9-12H2;1-5H;3*1,3-4H2,2H3;;/q-1;;;;;;+1. The quantitative estimate of drug-likeness (QED) is 0.110. The first-order valence-electron chi connectivity index (χ1n) is 15.7. The molecule has 4 saturated carbocycles. The summed E-state index contributed by atoms with van der Waals surface area (Å²) in [5.41, 5.74) is 3.65. The molecule has 0 amide bonds. The molecule has 0 aromatic rings. The predicted molar refractivity (Wildman–Crippen MR) is 166 cm³/mol. The molecule has 0 N–H and O–H groups in total. The fourth-order valence-corrected chi connectivity index (χ4v) is 19.0. The maximum atomic E-state index is 3.56. The molecule has 0 aliphatic heterocycles. The van der Waals surface area contributed by atoms with Crippen molar-refractivity contribution in [3.05, 3.63) is 63.4 Å². The minimum Gasteiger partial charge on any atom is -0.466 e. The Morgan fingerprint density at radius 1 is 0.649 bits per heavy atom. The Bertz CT molecular complexity index is 420. The van der Waals surface area contributed by atoms with Crippen molar-refractivity contribution in [1.29, 1.82) is 0 Å². The summed E-state index contributed by atoms with van der Waals surface area (Å²) in [5, 5.41) is 0. The van der Waals surface area contributed by atoms with Gasteiger partial charge in [-0.15, -0.1) is 7.92 Å². The number of rotatable bonds is 12. The maximum Gasteiger partial charge on any atom is 0 e. The van der Waals surface area contributed by atoms with Crippen molar-refractivity contribution in [3.63, 3.8) is 0 Å². The minimum atomic E-state index is -0.839. The van der Waals surface area contributed by atoms with Gasteiger partial charge >= 0.3 is 92.4 Å². The summed E-state index contributed by atoms with van der Waals surface area (Å²) in [7, 11) is 0.0894. The molecule has 10 radical (unpaired) electrons. The zero-order chi connectivity index (χ0) is 25.7. The van der Waals surface area contributed by atoms with E-state index in [2.05, 4.69) is 46.5 Å². The monoisotopic (exact) mass is 672 g/mol. The van der Waals surface area contributed by atoms with Crippen LogP contribution in [-0.2, 0) is 17.1 Å². The second-order valence-electron chi connectivity index (χ2n) is 11.1. The zero-order valence-corrected chi connectivity index (χ0v) is 29.4.